The van der Waals surface area contributed by atoms with Gasteiger partial charge in [-0.05, 0) is 49.4 Å². The molecule has 5 fully saturated rings. The Labute approximate surface area is 228 Å². The molecule has 3 saturated carbocycles. The average molecular weight is 565 g/mol. The van der Waals surface area contributed by atoms with Gasteiger partial charge in [-0.2, -0.15) is 5.10 Å². The van der Waals surface area contributed by atoms with E-state index in [9.17, 15) is 9.50 Å². The number of aliphatic hydroxyl groups excluding tert-OH is 1. The van der Waals surface area contributed by atoms with Crippen molar-refractivity contribution < 1.29 is 18.6 Å². The van der Waals surface area contributed by atoms with E-state index in [1.807, 2.05) is 11.0 Å². The summed E-state index contributed by atoms with van der Waals surface area (Å²) < 4.78 is 36.9. The molecular weight excluding hydrogens is 537 g/mol. The first-order valence-corrected chi connectivity index (χ1v) is 13.8. The largest absolute Gasteiger partial charge is 0.389 e. The Morgan fingerprint density at radius 1 is 1.13 bits per heavy atom. The molecule has 2 aromatic heterocycles. The fraction of sp³-hybridized carbons (Fsp3) is 0.577. The number of aliphatic hydroxyl groups is 1. The first kappa shape index (κ1) is 24.9. The van der Waals surface area contributed by atoms with Crippen molar-refractivity contribution in [2.75, 3.05) is 31.6 Å². The highest BCUT2D eigenvalue weighted by atomic mass is 35.5. The molecule has 5 aliphatic rings. The second-order valence-corrected chi connectivity index (χ2v) is 12.0. The van der Waals surface area contributed by atoms with Crippen molar-refractivity contribution in [1.29, 1.82) is 0 Å². The van der Waals surface area contributed by atoms with Crippen LogP contribution in [0.5, 0.6) is 0 Å². The van der Waals surface area contributed by atoms with Gasteiger partial charge in [0.25, 0.3) is 0 Å². The Morgan fingerprint density at radius 3 is 2.68 bits per heavy atom. The van der Waals surface area contributed by atoms with Crippen molar-refractivity contribution in [3.8, 4) is 0 Å². The van der Waals surface area contributed by atoms with E-state index in [1.165, 1.54) is 0 Å². The van der Waals surface area contributed by atoms with Crippen molar-refractivity contribution in [2.45, 2.75) is 61.6 Å². The summed E-state index contributed by atoms with van der Waals surface area (Å²) in [5.74, 6) is 0.220. The topological polar surface area (TPSA) is 88.3 Å². The standard InChI is InChI=1S/C26H28Cl2F2N6O2/c27-17-3-13-8-31-25(34-20-9-32-36(24(20)28)21-7-26(30)5-14(21)6-26)33-19(13)4-16(17)15-1-2-35(10-18(15)29)22-11-38-12-23(22)37/h3-4,8-9,14-15,18,21-23,37H,1-2,5-7,10-12H2,(H,31,33,34)/t14?,15?,18?,21-,22-,23?,26?/m1/s1. The zero-order chi connectivity index (χ0) is 26.2. The maximum Gasteiger partial charge on any atom is 0.227 e. The minimum absolute atomic E-state index is 0.0326. The highest BCUT2D eigenvalue weighted by Crippen LogP contribution is 2.60. The quantitative estimate of drug-likeness (QED) is 0.459. The summed E-state index contributed by atoms with van der Waals surface area (Å²) in [6.07, 6.45) is 3.71. The molecule has 1 aromatic carbocycles. The molecule has 8 rings (SSSR count). The fourth-order valence-electron chi connectivity index (χ4n) is 6.80. The van der Waals surface area contributed by atoms with Crippen LogP contribution < -0.4 is 5.32 Å². The number of halogens is 4. The van der Waals surface area contributed by atoms with Crippen LogP contribution >= 0.6 is 23.2 Å². The van der Waals surface area contributed by atoms with Crippen molar-refractivity contribution in [3.05, 3.63) is 40.3 Å². The molecule has 0 amide bonds. The van der Waals surface area contributed by atoms with E-state index in [4.69, 9.17) is 27.9 Å². The predicted molar refractivity (Wildman–Crippen MR) is 140 cm³/mol. The summed E-state index contributed by atoms with van der Waals surface area (Å²) in [6, 6.07) is 3.40. The van der Waals surface area contributed by atoms with Crippen LogP contribution in [0.2, 0.25) is 10.2 Å². The highest BCUT2D eigenvalue weighted by molar-refractivity contribution is 6.32. The van der Waals surface area contributed by atoms with Crippen LogP contribution in [-0.4, -0.2) is 80.0 Å². The molecule has 8 nitrogen and oxygen atoms in total. The van der Waals surface area contributed by atoms with Gasteiger partial charge in [0.15, 0.2) is 5.15 Å². The summed E-state index contributed by atoms with van der Waals surface area (Å²) >= 11 is 13.2. The molecule has 2 bridgehead atoms. The molecule has 0 spiro atoms. The zero-order valence-electron chi connectivity index (χ0n) is 20.5. The molecule has 12 heteroatoms. The number of nitrogens with zero attached hydrogens (tertiary/aromatic N) is 5. The van der Waals surface area contributed by atoms with Crippen molar-refractivity contribution in [3.63, 3.8) is 0 Å². The van der Waals surface area contributed by atoms with Crippen LogP contribution in [-0.2, 0) is 4.74 Å². The number of benzene rings is 1. The molecule has 2 N–H and O–H groups in total. The summed E-state index contributed by atoms with van der Waals surface area (Å²) in [5.41, 5.74) is 0.826. The maximum atomic E-state index is 15.4. The summed E-state index contributed by atoms with van der Waals surface area (Å²) in [5, 5.41) is 19.3. The molecule has 3 unspecified atom stereocenters. The van der Waals surface area contributed by atoms with Gasteiger partial charge in [0.1, 0.15) is 11.8 Å². The highest BCUT2D eigenvalue weighted by Gasteiger charge is 2.58. The third-order valence-electron chi connectivity index (χ3n) is 8.83. The van der Waals surface area contributed by atoms with Gasteiger partial charge in [0.05, 0.1) is 48.8 Å². The minimum atomic E-state index is -1.14. The number of piperidine rings is 1. The number of hydrogen-bond acceptors (Lipinski definition) is 7. The van der Waals surface area contributed by atoms with Gasteiger partial charge in [-0.1, -0.05) is 23.2 Å². The van der Waals surface area contributed by atoms with Crippen LogP contribution in [0.15, 0.2) is 24.5 Å². The molecular formula is C26H28Cl2F2N6O2. The molecule has 0 radical (unpaired) electrons. The number of aromatic nitrogens is 4. The molecule has 2 saturated heterocycles. The first-order chi connectivity index (χ1) is 18.3. The minimum Gasteiger partial charge on any atom is -0.389 e. The monoisotopic (exact) mass is 564 g/mol. The van der Waals surface area contributed by atoms with E-state index in [0.717, 1.165) is 5.39 Å². The lowest BCUT2D eigenvalue weighted by molar-refractivity contribution is 0.0353. The predicted octanol–water partition coefficient (Wildman–Crippen LogP) is 4.83. The molecule has 3 aromatic rings. The van der Waals surface area contributed by atoms with Gasteiger partial charge in [-0.3, -0.25) is 4.90 Å². The van der Waals surface area contributed by atoms with Gasteiger partial charge in [0.2, 0.25) is 5.95 Å². The van der Waals surface area contributed by atoms with E-state index < -0.39 is 17.9 Å². The van der Waals surface area contributed by atoms with E-state index in [2.05, 4.69) is 20.4 Å². The Kier molecular flexibility index (Phi) is 6.05. The second-order valence-electron chi connectivity index (χ2n) is 11.2. The van der Waals surface area contributed by atoms with Crippen LogP contribution in [0, 0.1) is 5.92 Å². The molecule has 3 aliphatic carbocycles. The van der Waals surface area contributed by atoms with Gasteiger partial charge in [0, 0.05) is 35.5 Å². The number of hydrogen-bond donors (Lipinski definition) is 2. The smallest absolute Gasteiger partial charge is 0.227 e. The van der Waals surface area contributed by atoms with E-state index in [0.29, 0.717) is 78.3 Å². The molecule has 4 heterocycles. The van der Waals surface area contributed by atoms with Crippen LogP contribution in [0.4, 0.5) is 20.4 Å². The lowest BCUT2D eigenvalue weighted by Gasteiger charge is -2.39. The summed E-state index contributed by atoms with van der Waals surface area (Å²) in [4.78, 5) is 11.0. The number of anilines is 2. The van der Waals surface area contributed by atoms with Crippen molar-refractivity contribution in [1.82, 2.24) is 24.6 Å². The molecule has 202 valence electrons. The SMILES string of the molecule is OC1COC[C@H]1N1CCC(c2cc3nc(Nc4cnn([C@@H]5CC6(F)CC5C6)c4Cl)ncc3cc2Cl)C(F)C1. The van der Waals surface area contributed by atoms with Gasteiger partial charge < -0.3 is 15.2 Å². The number of alkyl halides is 2. The van der Waals surface area contributed by atoms with Crippen LogP contribution in [0.1, 0.15) is 43.2 Å². The van der Waals surface area contributed by atoms with Crippen molar-refractivity contribution >= 4 is 45.7 Å². The summed E-state index contributed by atoms with van der Waals surface area (Å²) in [7, 11) is 0. The first-order valence-electron chi connectivity index (χ1n) is 13.1. The normalized spacial score (nSPS) is 35.1. The van der Waals surface area contributed by atoms with E-state index >= 15 is 4.39 Å². The Bertz CT molecular complexity index is 1390. The summed E-state index contributed by atoms with van der Waals surface area (Å²) in [6.45, 7) is 1.58. The number of likely N-dealkylation sites (tertiary alicyclic amines) is 1. The lowest BCUT2D eigenvalue weighted by atomic mass is 9.81. The fourth-order valence-corrected chi connectivity index (χ4v) is 7.38. The maximum absolute atomic E-state index is 15.4. The van der Waals surface area contributed by atoms with E-state index in [1.54, 1.807) is 23.1 Å². The Balaban J connectivity index is 1.10. The average Bonchev–Trinajstić information content (AvgIpc) is 3.62. The van der Waals surface area contributed by atoms with Gasteiger partial charge in [-0.25, -0.2) is 23.4 Å². The number of fused-ring (bicyclic) bond motifs is 2. The van der Waals surface area contributed by atoms with Crippen molar-refractivity contribution in [2.24, 2.45) is 5.92 Å². The Morgan fingerprint density at radius 2 is 1.97 bits per heavy atom. The number of rotatable bonds is 5. The zero-order valence-corrected chi connectivity index (χ0v) is 22.0. The lowest BCUT2D eigenvalue weighted by Crippen LogP contribution is -2.50. The molecule has 2 aliphatic heterocycles. The van der Waals surface area contributed by atoms with Crippen LogP contribution in [0.25, 0.3) is 10.9 Å². The van der Waals surface area contributed by atoms with Crippen LogP contribution in [0.3, 0.4) is 0 Å². The number of ether oxygens (including phenoxy) is 1. The third-order valence-corrected chi connectivity index (χ3v) is 9.54. The third kappa shape index (κ3) is 4.16. The van der Waals surface area contributed by atoms with E-state index in [-0.39, 0.29) is 30.5 Å². The molecule has 38 heavy (non-hydrogen) atoms. The molecule has 5 atom stereocenters. The van der Waals surface area contributed by atoms with Gasteiger partial charge >= 0.3 is 0 Å². The second kappa shape index (κ2) is 9.23. The number of nitrogens with one attached hydrogen (secondary N) is 1. The Hall–Kier alpha value is -2.11. The van der Waals surface area contributed by atoms with Gasteiger partial charge in [-0.15, -0.1) is 0 Å².